The molecule has 104 valence electrons. The highest BCUT2D eigenvalue weighted by atomic mass is 16.5. The third-order valence-corrected chi connectivity index (χ3v) is 3.99. The van der Waals surface area contributed by atoms with E-state index in [1.165, 1.54) is 5.57 Å². The summed E-state index contributed by atoms with van der Waals surface area (Å²) >= 11 is 0. The molecule has 0 fully saturated rings. The number of hydrogen-bond acceptors (Lipinski definition) is 3. The van der Waals surface area contributed by atoms with Crippen LogP contribution in [0.2, 0.25) is 0 Å². The molecule has 2 N–H and O–H groups in total. The van der Waals surface area contributed by atoms with Crippen molar-refractivity contribution in [1.82, 2.24) is 5.32 Å². The van der Waals surface area contributed by atoms with E-state index < -0.39 is 0 Å². The summed E-state index contributed by atoms with van der Waals surface area (Å²) in [5, 5.41) is 12.6. The first kappa shape index (κ1) is 13.9. The third kappa shape index (κ3) is 3.10. The summed E-state index contributed by atoms with van der Waals surface area (Å²) in [7, 11) is 1.92. The van der Waals surface area contributed by atoms with Crippen molar-refractivity contribution >= 4 is 0 Å². The van der Waals surface area contributed by atoms with Gasteiger partial charge in [-0.25, -0.2) is 0 Å². The van der Waals surface area contributed by atoms with Crippen LogP contribution in [-0.2, 0) is 4.74 Å². The van der Waals surface area contributed by atoms with Gasteiger partial charge in [-0.1, -0.05) is 31.6 Å². The van der Waals surface area contributed by atoms with Gasteiger partial charge < -0.3 is 15.2 Å². The minimum Gasteiger partial charge on any atom is -0.508 e. The van der Waals surface area contributed by atoms with Crippen LogP contribution in [0, 0.1) is 17.8 Å². The molecule has 2 aliphatic rings. The molecule has 0 bridgehead atoms. The fraction of sp³-hybridized carbons (Fsp3) is 0.500. The maximum atomic E-state index is 9.48. The molecule has 0 aromatic heterocycles. The molecule has 2 rings (SSSR count). The van der Waals surface area contributed by atoms with Gasteiger partial charge in [-0.2, -0.15) is 0 Å². The molecule has 2 aliphatic carbocycles. The van der Waals surface area contributed by atoms with Gasteiger partial charge in [-0.3, -0.25) is 0 Å². The summed E-state index contributed by atoms with van der Waals surface area (Å²) in [6.07, 6.45) is 9.93. The maximum absolute atomic E-state index is 9.48. The lowest BCUT2D eigenvalue weighted by atomic mass is 9.78. The van der Waals surface area contributed by atoms with Crippen LogP contribution in [0.1, 0.15) is 13.8 Å². The molecular weight excluding hydrogens is 238 g/mol. The Labute approximate surface area is 115 Å². The Hall–Kier alpha value is -1.48. The Bertz CT molecular complexity index is 446. The van der Waals surface area contributed by atoms with Gasteiger partial charge in [0.2, 0.25) is 0 Å². The molecule has 0 heterocycles. The monoisotopic (exact) mass is 261 g/mol. The molecule has 0 spiro atoms. The van der Waals surface area contributed by atoms with Crippen LogP contribution in [-0.4, -0.2) is 25.3 Å². The van der Waals surface area contributed by atoms with E-state index in [1.54, 1.807) is 6.08 Å². The Morgan fingerprint density at radius 2 is 2.05 bits per heavy atom. The molecule has 0 aliphatic heterocycles. The highest BCUT2D eigenvalue weighted by molar-refractivity contribution is 5.37. The van der Waals surface area contributed by atoms with E-state index in [-0.39, 0.29) is 5.92 Å². The number of allylic oxidation sites excluding steroid dienone is 7. The minimum atomic E-state index is 0.229. The third-order valence-electron chi connectivity index (χ3n) is 3.99. The Morgan fingerprint density at radius 1 is 1.26 bits per heavy atom. The molecule has 0 aromatic carbocycles. The molecule has 0 saturated heterocycles. The van der Waals surface area contributed by atoms with Crippen molar-refractivity contribution in [3.05, 3.63) is 47.5 Å². The van der Waals surface area contributed by atoms with E-state index in [9.17, 15) is 5.11 Å². The molecule has 0 amide bonds. The quantitative estimate of drug-likeness (QED) is 0.748. The van der Waals surface area contributed by atoms with Crippen molar-refractivity contribution in [2.45, 2.75) is 13.8 Å². The number of aliphatic hydroxyl groups excluding tert-OH is 1. The smallest absolute Gasteiger partial charge is 0.112 e. The molecule has 19 heavy (non-hydrogen) atoms. The summed E-state index contributed by atoms with van der Waals surface area (Å²) < 4.78 is 5.81. The van der Waals surface area contributed by atoms with E-state index >= 15 is 0 Å². The molecule has 3 heteroatoms. The number of aliphatic hydroxyl groups is 1. The number of hydrogen-bond donors (Lipinski definition) is 2. The summed E-state index contributed by atoms with van der Waals surface area (Å²) in [6, 6.07) is 0. The zero-order valence-electron chi connectivity index (χ0n) is 11.9. The molecule has 0 saturated carbocycles. The number of nitrogens with one attached hydrogen (secondary N) is 1. The average molecular weight is 261 g/mol. The number of likely N-dealkylation sites (N-methyl/N-ethyl adjacent to an activating group) is 1. The van der Waals surface area contributed by atoms with Crippen molar-refractivity contribution < 1.29 is 9.84 Å². The van der Waals surface area contributed by atoms with Gasteiger partial charge in [0.25, 0.3) is 0 Å². The zero-order valence-corrected chi connectivity index (χ0v) is 11.9. The van der Waals surface area contributed by atoms with Gasteiger partial charge in [0.1, 0.15) is 12.4 Å². The van der Waals surface area contributed by atoms with Crippen LogP contribution in [0.3, 0.4) is 0 Å². The largest absolute Gasteiger partial charge is 0.508 e. The minimum absolute atomic E-state index is 0.229. The standard InChI is InChI=1S/C16H23NO2/c1-11-12(2)16(19-9-8-17-3)7-6-15(11)13-4-5-14(18)10-13/h4-7,10-13,17-18H,8-9H2,1-3H3/t11-,12-,13?/m1/s1. The summed E-state index contributed by atoms with van der Waals surface area (Å²) in [4.78, 5) is 0. The first-order valence-electron chi connectivity index (χ1n) is 6.91. The van der Waals surface area contributed by atoms with Crippen LogP contribution >= 0.6 is 0 Å². The first-order chi connectivity index (χ1) is 9.13. The Kier molecular flexibility index (Phi) is 4.48. The van der Waals surface area contributed by atoms with Gasteiger partial charge in [-0.05, 0) is 31.2 Å². The summed E-state index contributed by atoms with van der Waals surface area (Å²) in [6.45, 7) is 5.98. The molecule has 1 unspecified atom stereocenters. The summed E-state index contributed by atoms with van der Waals surface area (Å²) in [5.41, 5.74) is 1.34. The van der Waals surface area contributed by atoms with Crippen molar-refractivity contribution in [2.24, 2.45) is 17.8 Å². The predicted octanol–water partition coefficient (Wildman–Crippen LogP) is 2.95. The normalized spacial score (nSPS) is 29.8. The van der Waals surface area contributed by atoms with Crippen LogP contribution in [0.4, 0.5) is 0 Å². The number of rotatable bonds is 5. The van der Waals surface area contributed by atoms with E-state index in [4.69, 9.17) is 4.74 Å². The highest BCUT2D eigenvalue weighted by Crippen LogP contribution is 2.37. The van der Waals surface area contributed by atoms with E-state index in [0.29, 0.717) is 24.2 Å². The first-order valence-corrected chi connectivity index (χ1v) is 6.91. The second-order valence-electron chi connectivity index (χ2n) is 5.24. The highest BCUT2D eigenvalue weighted by Gasteiger charge is 2.28. The van der Waals surface area contributed by atoms with Gasteiger partial charge in [0, 0.05) is 18.4 Å². The van der Waals surface area contributed by atoms with Crippen molar-refractivity contribution in [1.29, 1.82) is 0 Å². The predicted molar refractivity (Wildman–Crippen MR) is 77.7 cm³/mol. The lowest BCUT2D eigenvalue weighted by Crippen LogP contribution is -2.23. The number of ether oxygens (including phenoxy) is 1. The molecular formula is C16H23NO2. The van der Waals surface area contributed by atoms with E-state index in [1.807, 2.05) is 19.2 Å². The van der Waals surface area contributed by atoms with Crippen LogP contribution in [0.25, 0.3) is 0 Å². The van der Waals surface area contributed by atoms with Gasteiger partial charge in [-0.15, -0.1) is 0 Å². The maximum Gasteiger partial charge on any atom is 0.112 e. The lowest BCUT2D eigenvalue weighted by Gasteiger charge is -2.30. The van der Waals surface area contributed by atoms with Gasteiger partial charge in [0.05, 0.1) is 5.76 Å². The van der Waals surface area contributed by atoms with Crippen LogP contribution < -0.4 is 5.32 Å². The molecule has 3 atom stereocenters. The van der Waals surface area contributed by atoms with Crippen LogP contribution in [0.15, 0.2) is 47.5 Å². The van der Waals surface area contributed by atoms with E-state index in [2.05, 4.69) is 31.3 Å². The van der Waals surface area contributed by atoms with Crippen molar-refractivity contribution in [2.75, 3.05) is 20.2 Å². The van der Waals surface area contributed by atoms with E-state index in [0.717, 1.165) is 12.3 Å². The fourth-order valence-corrected chi connectivity index (χ4v) is 2.59. The average Bonchev–Trinajstić information content (AvgIpc) is 2.81. The van der Waals surface area contributed by atoms with Gasteiger partial charge >= 0.3 is 0 Å². The second-order valence-corrected chi connectivity index (χ2v) is 5.24. The lowest BCUT2D eigenvalue weighted by molar-refractivity contribution is 0.167. The van der Waals surface area contributed by atoms with Crippen molar-refractivity contribution in [3.63, 3.8) is 0 Å². The van der Waals surface area contributed by atoms with Gasteiger partial charge in [0.15, 0.2) is 0 Å². The molecule has 3 nitrogen and oxygen atoms in total. The van der Waals surface area contributed by atoms with Crippen LogP contribution in [0.5, 0.6) is 0 Å². The van der Waals surface area contributed by atoms with Crippen molar-refractivity contribution in [3.8, 4) is 0 Å². The summed E-state index contributed by atoms with van der Waals surface area (Å²) in [5.74, 6) is 2.45. The molecule has 0 aromatic rings. The molecule has 0 radical (unpaired) electrons. The topological polar surface area (TPSA) is 41.5 Å². The second kappa shape index (κ2) is 6.11. The Morgan fingerprint density at radius 3 is 2.68 bits per heavy atom. The SMILES string of the molecule is CNCCOC1=CC=C(C2C=CC(O)=C2)[C@H](C)[C@H]1C. The Balaban J connectivity index is 2.08. The zero-order chi connectivity index (χ0) is 13.8. The fourth-order valence-electron chi connectivity index (χ4n) is 2.59.